The second kappa shape index (κ2) is 5.04. The first-order chi connectivity index (χ1) is 8.13. The van der Waals surface area contributed by atoms with Crippen LogP contribution in [0, 0.1) is 5.41 Å². The summed E-state index contributed by atoms with van der Waals surface area (Å²) in [5.74, 6) is 0.157. The lowest BCUT2D eigenvalue weighted by molar-refractivity contribution is -0.127. The third kappa shape index (κ3) is 2.97. The summed E-state index contributed by atoms with van der Waals surface area (Å²) in [4.78, 5) is 22.9. The fraction of sp³-hybridized carbons (Fsp3) is 0.833. The molecule has 2 rings (SSSR count). The average Bonchev–Trinajstić information content (AvgIpc) is 2.27. The van der Waals surface area contributed by atoms with Crippen molar-refractivity contribution in [3.05, 3.63) is 0 Å². The molecule has 0 aromatic rings. The van der Waals surface area contributed by atoms with Crippen LogP contribution >= 0.6 is 0 Å². The molecule has 1 unspecified atom stereocenters. The van der Waals surface area contributed by atoms with Crippen LogP contribution in [0.25, 0.3) is 0 Å². The maximum Gasteiger partial charge on any atom is 0.220 e. The third-order valence-corrected chi connectivity index (χ3v) is 4.01. The molecule has 4 N–H and O–H groups in total. The Bertz CT molecular complexity index is 297. The van der Waals surface area contributed by atoms with Crippen molar-refractivity contribution in [3.8, 4) is 0 Å². The molecular weight excluding hydrogens is 218 g/mol. The van der Waals surface area contributed by atoms with Gasteiger partial charge in [0.1, 0.15) is 0 Å². The lowest BCUT2D eigenvalue weighted by Gasteiger charge is -2.40. The molecule has 1 saturated carbocycles. The van der Waals surface area contributed by atoms with Crippen LogP contribution in [0.4, 0.5) is 0 Å². The zero-order valence-corrected chi connectivity index (χ0v) is 10.1. The minimum atomic E-state index is 0.0575. The van der Waals surface area contributed by atoms with E-state index in [9.17, 15) is 9.59 Å². The summed E-state index contributed by atoms with van der Waals surface area (Å²) >= 11 is 0. The minimum Gasteiger partial charge on any atom is -0.354 e. The maximum absolute atomic E-state index is 11.9. The Morgan fingerprint density at radius 3 is 2.76 bits per heavy atom. The molecule has 0 bridgehead atoms. The van der Waals surface area contributed by atoms with E-state index in [0.717, 1.165) is 19.3 Å². The summed E-state index contributed by atoms with van der Waals surface area (Å²) < 4.78 is 0. The summed E-state index contributed by atoms with van der Waals surface area (Å²) in [5, 5.41) is 5.75. The number of carbonyl (C=O) groups is 2. The standard InChI is InChI=1S/C12H21N3O2/c13-8-12(4-1-5-12)6-11(17)15-9-2-3-10(16)14-7-9/h9H,1-8,13H2,(H,14,16)(H,15,17). The predicted molar refractivity (Wildman–Crippen MR) is 64.1 cm³/mol. The van der Waals surface area contributed by atoms with E-state index >= 15 is 0 Å². The summed E-state index contributed by atoms with van der Waals surface area (Å²) in [7, 11) is 0. The number of piperidine rings is 1. The quantitative estimate of drug-likeness (QED) is 0.640. The normalized spacial score (nSPS) is 26.9. The Morgan fingerprint density at radius 2 is 2.29 bits per heavy atom. The monoisotopic (exact) mass is 239 g/mol. The van der Waals surface area contributed by atoms with E-state index in [1.54, 1.807) is 0 Å². The fourth-order valence-corrected chi connectivity index (χ4v) is 2.61. The molecule has 96 valence electrons. The molecule has 5 nitrogen and oxygen atoms in total. The Morgan fingerprint density at radius 1 is 1.53 bits per heavy atom. The van der Waals surface area contributed by atoms with Crippen LogP contribution < -0.4 is 16.4 Å². The van der Waals surface area contributed by atoms with Gasteiger partial charge in [-0.15, -0.1) is 0 Å². The van der Waals surface area contributed by atoms with Crippen molar-refractivity contribution >= 4 is 11.8 Å². The number of rotatable bonds is 4. The number of hydrogen-bond acceptors (Lipinski definition) is 3. The number of nitrogens with one attached hydrogen (secondary N) is 2. The van der Waals surface area contributed by atoms with Gasteiger partial charge in [0.2, 0.25) is 11.8 Å². The van der Waals surface area contributed by atoms with Crippen LogP contribution in [0.15, 0.2) is 0 Å². The molecule has 0 aromatic heterocycles. The van der Waals surface area contributed by atoms with E-state index in [4.69, 9.17) is 5.73 Å². The van der Waals surface area contributed by atoms with E-state index in [0.29, 0.717) is 25.9 Å². The molecule has 2 amide bonds. The second-order valence-corrected chi connectivity index (χ2v) is 5.34. The number of nitrogens with two attached hydrogens (primary N) is 1. The van der Waals surface area contributed by atoms with Gasteiger partial charge in [0, 0.05) is 25.4 Å². The Hall–Kier alpha value is -1.10. The summed E-state index contributed by atoms with van der Waals surface area (Å²) in [6.45, 7) is 1.15. The van der Waals surface area contributed by atoms with Gasteiger partial charge < -0.3 is 16.4 Å². The van der Waals surface area contributed by atoms with Gasteiger partial charge in [0.15, 0.2) is 0 Å². The molecule has 2 aliphatic rings. The fourth-order valence-electron chi connectivity index (χ4n) is 2.61. The molecule has 1 atom stereocenters. The molecular formula is C12H21N3O2. The van der Waals surface area contributed by atoms with Crippen molar-refractivity contribution < 1.29 is 9.59 Å². The van der Waals surface area contributed by atoms with Crippen molar-refractivity contribution in [2.75, 3.05) is 13.1 Å². The van der Waals surface area contributed by atoms with Gasteiger partial charge in [-0.2, -0.15) is 0 Å². The maximum atomic E-state index is 11.9. The van der Waals surface area contributed by atoms with Crippen molar-refractivity contribution in [2.24, 2.45) is 11.1 Å². The first kappa shape index (κ1) is 12.4. The van der Waals surface area contributed by atoms with Gasteiger partial charge in [0.05, 0.1) is 0 Å². The third-order valence-electron chi connectivity index (χ3n) is 4.01. The van der Waals surface area contributed by atoms with Crippen LogP contribution in [-0.4, -0.2) is 30.9 Å². The van der Waals surface area contributed by atoms with Gasteiger partial charge in [-0.1, -0.05) is 6.42 Å². The van der Waals surface area contributed by atoms with Gasteiger partial charge in [0.25, 0.3) is 0 Å². The highest BCUT2D eigenvalue weighted by atomic mass is 16.2. The molecule has 5 heteroatoms. The summed E-state index contributed by atoms with van der Waals surface area (Å²) in [6.07, 6.45) is 5.11. The highest BCUT2D eigenvalue weighted by molar-refractivity contribution is 5.79. The minimum absolute atomic E-state index is 0.0575. The van der Waals surface area contributed by atoms with E-state index < -0.39 is 0 Å². The number of amides is 2. The highest BCUT2D eigenvalue weighted by Crippen LogP contribution is 2.42. The van der Waals surface area contributed by atoms with E-state index in [-0.39, 0.29) is 23.3 Å². The largest absolute Gasteiger partial charge is 0.354 e. The smallest absolute Gasteiger partial charge is 0.220 e. The lowest BCUT2D eigenvalue weighted by Crippen LogP contribution is -2.50. The van der Waals surface area contributed by atoms with Gasteiger partial charge in [-0.25, -0.2) is 0 Å². The number of hydrogen-bond donors (Lipinski definition) is 3. The van der Waals surface area contributed by atoms with Crippen molar-refractivity contribution in [2.45, 2.75) is 44.6 Å². The van der Waals surface area contributed by atoms with Crippen LogP contribution in [0.1, 0.15) is 38.5 Å². The first-order valence-corrected chi connectivity index (χ1v) is 6.40. The van der Waals surface area contributed by atoms with Crippen LogP contribution in [0.2, 0.25) is 0 Å². The average molecular weight is 239 g/mol. The molecule has 2 fully saturated rings. The lowest BCUT2D eigenvalue weighted by atomic mass is 9.66. The molecule has 1 heterocycles. The summed E-state index contributed by atoms with van der Waals surface area (Å²) in [6, 6.07) is 0.0927. The zero-order chi connectivity index (χ0) is 12.3. The van der Waals surface area contributed by atoms with Crippen LogP contribution in [-0.2, 0) is 9.59 Å². The first-order valence-electron chi connectivity index (χ1n) is 6.40. The second-order valence-electron chi connectivity index (χ2n) is 5.34. The Balaban J connectivity index is 1.75. The molecule has 17 heavy (non-hydrogen) atoms. The molecule has 1 aliphatic heterocycles. The molecule has 0 radical (unpaired) electrons. The van der Waals surface area contributed by atoms with Crippen molar-refractivity contribution in [3.63, 3.8) is 0 Å². The van der Waals surface area contributed by atoms with Crippen molar-refractivity contribution in [1.29, 1.82) is 0 Å². The van der Waals surface area contributed by atoms with E-state index in [2.05, 4.69) is 10.6 Å². The molecule has 1 saturated heterocycles. The van der Waals surface area contributed by atoms with Gasteiger partial charge >= 0.3 is 0 Å². The van der Waals surface area contributed by atoms with Gasteiger partial charge in [-0.3, -0.25) is 9.59 Å². The summed E-state index contributed by atoms with van der Waals surface area (Å²) in [5.41, 5.74) is 5.79. The Kier molecular flexibility index (Phi) is 3.66. The Labute approximate surface area is 102 Å². The van der Waals surface area contributed by atoms with Crippen LogP contribution in [0.3, 0.4) is 0 Å². The van der Waals surface area contributed by atoms with E-state index in [1.807, 2.05) is 0 Å². The van der Waals surface area contributed by atoms with Crippen molar-refractivity contribution in [1.82, 2.24) is 10.6 Å². The van der Waals surface area contributed by atoms with E-state index in [1.165, 1.54) is 6.42 Å². The zero-order valence-electron chi connectivity index (χ0n) is 10.1. The highest BCUT2D eigenvalue weighted by Gasteiger charge is 2.37. The number of carbonyl (C=O) groups excluding carboxylic acids is 2. The van der Waals surface area contributed by atoms with Gasteiger partial charge in [-0.05, 0) is 31.2 Å². The van der Waals surface area contributed by atoms with Crippen LogP contribution in [0.5, 0.6) is 0 Å². The molecule has 0 aromatic carbocycles. The molecule has 1 aliphatic carbocycles. The topological polar surface area (TPSA) is 84.2 Å². The predicted octanol–water partition coefficient (Wildman–Crippen LogP) is -0.0997. The molecule has 0 spiro atoms. The SMILES string of the molecule is NCC1(CC(=O)NC2CCC(=O)NC2)CCC1.